The molecule has 11 heteroatoms. The molecule has 7 nitrogen and oxygen atoms in total. The Bertz CT molecular complexity index is 1640. The van der Waals surface area contributed by atoms with E-state index >= 15 is 0 Å². The van der Waals surface area contributed by atoms with Crippen molar-refractivity contribution in [2.24, 2.45) is 0 Å². The molecule has 40 heavy (non-hydrogen) atoms. The normalized spacial score (nSPS) is 13.3. The lowest BCUT2D eigenvalue weighted by atomic mass is 10.0. The summed E-state index contributed by atoms with van der Waals surface area (Å²) >= 11 is 24.8. The number of hydrogen-bond donors (Lipinski definition) is 1. The van der Waals surface area contributed by atoms with Crippen molar-refractivity contribution in [2.45, 2.75) is 12.5 Å². The van der Waals surface area contributed by atoms with Gasteiger partial charge in [0.25, 0.3) is 17.7 Å². The lowest BCUT2D eigenvalue weighted by Crippen LogP contribution is -2.47. The fourth-order valence-corrected chi connectivity index (χ4v) is 5.53. The van der Waals surface area contributed by atoms with Gasteiger partial charge in [0.1, 0.15) is 6.04 Å². The van der Waals surface area contributed by atoms with Crippen molar-refractivity contribution in [2.75, 3.05) is 11.9 Å². The minimum atomic E-state index is -1.44. The van der Waals surface area contributed by atoms with Gasteiger partial charge in [-0.15, -0.1) is 0 Å². The monoisotopic (exact) mass is 614 g/mol. The van der Waals surface area contributed by atoms with Gasteiger partial charge in [-0.25, -0.2) is 4.79 Å². The van der Waals surface area contributed by atoms with E-state index in [2.05, 4.69) is 5.32 Å². The van der Waals surface area contributed by atoms with Gasteiger partial charge in [-0.3, -0.25) is 19.3 Å². The Kier molecular flexibility index (Phi) is 8.01. The first-order valence-electron chi connectivity index (χ1n) is 11.9. The second-order valence-corrected chi connectivity index (χ2v) is 10.4. The lowest BCUT2D eigenvalue weighted by Gasteiger charge is -2.24. The number of benzene rings is 4. The van der Waals surface area contributed by atoms with E-state index in [1.165, 1.54) is 0 Å². The van der Waals surface area contributed by atoms with Crippen LogP contribution >= 0.6 is 46.4 Å². The molecule has 0 saturated heterocycles. The van der Waals surface area contributed by atoms with Crippen molar-refractivity contribution >= 4 is 86.6 Å². The number of ether oxygens (including phenoxy) is 1. The molecule has 0 radical (unpaired) electrons. The topological polar surface area (TPSA) is 92.8 Å². The number of nitrogens with one attached hydrogen (secondary N) is 1. The van der Waals surface area contributed by atoms with E-state index in [4.69, 9.17) is 51.1 Å². The highest BCUT2D eigenvalue weighted by Gasteiger charge is 2.47. The average Bonchev–Trinajstić information content (AvgIpc) is 3.22. The molecule has 1 heterocycles. The molecular weight excluding hydrogens is 598 g/mol. The molecule has 1 atom stereocenters. The highest BCUT2D eigenvalue weighted by molar-refractivity contribution is 6.55. The molecule has 0 saturated carbocycles. The predicted octanol–water partition coefficient (Wildman–Crippen LogP) is 6.84. The molecule has 5 rings (SSSR count). The third kappa shape index (κ3) is 5.13. The summed E-state index contributed by atoms with van der Waals surface area (Å²) in [6, 6.07) is 20.2. The van der Waals surface area contributed by atoms with E-state index in [1.807, 2.05) is 30.3 Å². The summed E-state index contributed by atoms with van der Waals surface area (Å²) in [5.74, 6) is -3.35. The Morgan fingerprint density at radius 2 is 1.32 bits per heavy atom. The zero-order valence-corrected chi connectivity index (χ0v) is 23.4. The lowest BCUT2D eigenvalue weighted by molar-refractivity contribution is -0.151. The summed E-state index contributed by atoms with van der Waals surface area (Å²) in [6.07, 6.45) is -0.0905. The molecule has 0 unspecified atom stereocenters. The Morgan fingerprint density at radius 1 is 0.750 bits per heavy atom. The van der Waals surface area contributed by atoms with Crippen molar-refractivity contribution in [3.63, 3.8) is 0 Å². The van der Waals surface area contributed by atoms with Crippen LogP contribution in [0.1, 0.15) is 26.3 Å². The first kappa shape index (κ1) is 27.9. The molecule has 0 bridgehead atoms. The van der Waals surface area contributed by atoms with Gasteiger partial charge in [0, 0.05) is 17.5 Å². The van der Waals surface area contributed by atoms with E-state index < -0.39 is 36.3 Å². The first-order chi connectivity index (χ1) is 19.2. The SMILES string of the molecule is O=C(COC(=O)[C@H](Cc1ccccc1)N1C(=O)c2c(Cl)c(Cl)c(Cl)c(Cl)c2C1=O)Nc1cccc2ccccc12. The van der Waals surface area contributed by atoms with E-state index in [0.717, 1.165) is 10.8 Å². The number of esters is 1. The smallest absolute Gasteiger partial charge is 0.330 e. The van der Waals surface area contributed by atoms with Crippen LogP contribution in [0.3, 0.4) is 0 Å². The van der Waals surface area contributed by atoms with Crippen LogP contribution in [0, 0.1) is 0 Å². The van der Waals surface area contributed by atoms with Gasteiger partial charge in [-0.1, -0.05) is 113 Å². The molecule has 0 spiro atoms. The molecule has 4 aromatic carbocycles. The van der Waals surface area contributed by atoms with E-state index in [0.29, 0.717) is 16.2 Å². The van der Waals surface area contributed by atoms with Crippen LogP contribution in [0.4, 0.5) is 5.69 Å². The number of rotatable bonds is 7. The van der Waals surface area contributed by atoms with Crippen molar-refractivity contribution in [3.8, 4) is 0 Å². The fraction of sp³-hybridized carbons (Fsp3) is 0.103. The molecule has 4 aromatic rings. The van der Waals surface area contributed by atoms with Gasteiger partial charge in [0.2, 0.25) is 0 Å². The number of fused-ring (bicyclic) bond motifs is 2. The Hall–Kier alpha value is -3.62. The van der Waals surface area contributed by atoms with Gasteiger partial charge in [-0.05, 0) is 17.0 Å². The van der Waals surface area contributed by atoms with E-state index in [1.54, 1.807) is 42.5 Å². The van der Waals surface area contributed by atoms with Crippen LogP contribution in [0.25, 0.3) is 10.8 Å². The first-order valence-corrected chi connectivity index (χ1v) is 13.4. The third-order valence-electron chi connectivity index (χ3n) is 6.40. The van der Waals surface area contributed by atoms with Crippen molar-refractivity contribution in [1.29, 1.82) is 0 Å². The van der Waals surface area contributed by atoms with Gasteiger partial charge in [0.15, 0.2) is 6.61 Å². The summed E-state index contributed by atoms with van der Waals surface area (Å²) in [4.78, 5) is 53.7. The summed E-state index contributed by atoms with van der Waals surface area (Å²) < 4.78 is 5.32. The number of anilines is 1. The quantitative estimate of drug-likeness (QED) is 0.106. The summed E-state index contributed by atoms with van der Waals surface area (Å²) in [5.41, 5.74) is 0.657. The van der Waals surface area contributed by atoms with E-state index in [9.17, 15) is 19.2 Å². The predicted molar refractivity (Wildman–Crippen MR) is 154 cm³/mol. The Labute approximate surface area is 248 Å². The molecule has 1 aliphatic rings. The minimum Gasteiger partial charge on any atom is -0.454 e. The average molecular weight is 616 g/mol. The van der Waals surface area contributed by atoms with Crippen LogP contribution in [0.5, 0.6) is 0 Å². The summed E-state index contributed by atoms with van der Waals surface area (Å²) in [7, 11) is 0. The molecule has 0 fully saturated rings. The Morgan fingerprint density at radius 3 is 1.98 bits per heavy atom. The number of hydrogen-bond acceptors (Lipinski definition) is 5. The second-order valence-electron chi connectivity index (χ2n) is 8.87. The summed E-state index contributed by atoms with van der Waals surface area (Å²) in [6.45, 7) is -0.657. The zero-order chi connectivity index (χ0) is 28.6. The van der Waals surface area contributed by atoms with E-state index in [-0.39, 0.29) is 37.6 Å². The van der Waals surface area contributed by atoms with Crippen LogP contribution in [0.15, 0.2) is 72.8 Å². The largest absolute Gasteiger partial charge is 0.454 e. The third-order valence-corrected chi connectivity index (χ3v) is 8.20. The van der Waals surface area contributed by atoms with Gasteiger partial charge in [0.05, 0.1) is 31.2 Å². The van der Waals surface area contributed by atoms with Crippen LogP contribution in [-0.4, -0.2) is 41.2 Å². The molecule has 1 N–H and O–H groups in total. The van der Waals surface area contributed by atoms with Gasteiger partial charge < -0.3 is 10.1 Å². The number of nitrogens with zero attached hydrogens (tertiary/aromatic N) is 1. The maximum Gasteiger partial charge on any atom is 0.330 e. The number of carbonyl (C=O) groups excluding carboxylic acids is 4. The number of imide groups is 1. The maximum atomic E-state index is 13.5. The van der Waals surface area contributed by atoms with Gasteiger partial charge in [-0.2, -0.15) is 0 Å². The van der Waals surface area contributed by atoms with Crippen molar-refractivity contribution in [3.05, 3.63) is 110 Å². The maximum absolute atomic E-state index is 13.5. The molecule has 3 amide bonds. The molecule has 0 aromatic heterocycles. The highest BCUT2D eigenvalue weighted by atomic mass is 35.5. The van der Waals surface area contributed by atoms with Crippen LogP contribution < -0.4 is 5.32 Å². The van der Waals surface area contributed by atoms with Crippen molar-refractivity contribution in [1.82, 2.24) is 4.90 Å². The number of carbonyl (C=O) groups is 4. The fourth-order valence-electron chi connectivity index (χ4n) is 4.52. The molecule has 202 valence electrons. The van der Waals surface area contributed by atoms with Crippen LogP contribution in [-0.2, 0) is 20.7 Å². The van der Waals surface area contributed by atoms with Gasteiger partial charge >= 0.3 is 5.97 Å². The number of amides is 3. The molecule has 0 aliphatic carbocycles. The molecule has 1 aliphatic heterocycles. The second kappa shape index (κ2) is 11.5. The highest BCUT2D eigenvalue weighted by Crippen LogP contribution is 2.45. The molecular formula is C29H18Cl4N2O5. The van der Waals surface area contributed by atoms with Crippen LogP contribution in [0.2, 0.25) is 20.1 Å². The summed E-state index contributed by atoms with van der Waals surface area (Å²) in [5, 5.41) is 3.56. The van der Waals surface area contributed by atoms with Crippen molar-refractivity contribution < 1.29 is 23.9 Å². The zero-order valence-electron chi connectivity index (χ0n) is 20.4. The minimum absolute atomic E-state index is 0.0905. The standard InChI is InChI=1S/C29H18Cl4N2O5/c30-23-21-22(24(31)26(33)25(23)32)28(38)35(27(21)37)19(13-15-7-2-1-3-8-15)29(39)40-14-20(36)34-18-12-6-10-16-9-4-5-11-17(16)18/h1-12,19H,13-14H2,(H,34,36)/t19-/m0/s1. The number of halogens is 4. The Balaban J connectivity index is 1.40.